The quantitative estimate of drug-likeness (QED) is 0.653. The zero-order valence-electron chi connectivity index (χ0n) is 15.1. The van der Waals surface area contributed by atoms with Crippen LogP contribution in [-0.4, -0.2) is 25.8 Å². The van der Waals surface area contributed by atoms with Gasteiger partial charge in [0.15, 0.2) is 5.69 Å². The largest absolute Gasteiger partial charge is 0.435 e. The maximum Gasteiger partial charge on any atom is 0.435 e. The zero-order valence-corrected chi connectivity index (χ0v) is 15.8. The molecule has 0 aliphatic heterocycles. The third-order valence-corrected chi connectivity index (χ3v) is 4.63. The van der Waals surface area contributed by atoms with Gasteiger partial charge in [0.2, 0.25) is 11.7 Å². The number of carbonyl (C=O) groups excluding carboxylic acids is 1. The molecule has 2 aromatic heterocycles. The van der Waals surface area contributed by atoms with Gasteiger partial charge in [-0.2, -0.15) is 23.3 Å². The molecule has 7 nitrogen and oxygen atoms in total. The van der Waals surface area contributed by atoms with E-state index in [4.69, 9.17) is 16.1 Å². The summed E-state index contributed by atoms with van der Waals surface area (Å²) in [7, 11) is 0. The van der Waals surface area contributed by atoms with Crippen LogP contribution in [0.3, 0.4) is 0 Å². The summed E-state index contributed by atoms with van der Waals surface area (Å²) in [5.74, 6) is -0.303. The highest BCUT2D eigenvalue weighted by Gasteiger charge is 2.39. The molecule has 0 saturated heterocycles. The van der Waals surface area contributed by atoms with Gasteiger partial charge in [0, 0.05) is 16.7 Å². The van der Waals surface area contributed by atoms with Gasteiger partial charge in [0.1, 0.15) is 11.7 Å². The summed E-state index contributed by atoms with van der Waals surface area (Å²) in [5, 5.41) is 10.5. The van der Waals surface area contributed by atoms with Crippen molar-refractivity contribution in [3.8, 4) is 11.4 Å². The minimum absolute atomic E-state index is 0.113. The van der Waals surface area contributed by atoms with Crippen molar-refractivity contribution >= 4 is 17.5 Å². The van der Waals surface area contributed by atoms with Gasteiger partial charge >= 0.3 is 6.18 Å². The van der Waals surface area contributed by atoms with Crippen LogP contribution in [0.1, 0.15) is 53.9 Å². The van der Waals surface area contributed by atoms with Crippen LogP contribution in [0.15, 0.2) is 34.9 Å². The van der Waals surface area contributed by atoms with Crippen LogP contribution < -0.4 is 5.32 Å². The van der Waals surface area contributed by atoms with E-state index in [9.17, 15) is 18.0 Å². The van der Waals surface area contributed by atoms with Crippen LogP contribution in [0.5, 0.6) is 0 Å². The van der Waals surface area contributed by atoms with Gasteiger partial charge in [0.25, 0.3) is 5.91 Å². The number of amides is 1. The minimum atomic E-state index is -4.63. The standard InChI is InChI=1S/C18H15ClF3N5O2/c1-9(17-24-15(26-29-17)10-3-2-4-11(19)7-10)23-16(28)13-8-14(18(20,21)22)25-27(13)12-5-6-12/h2-4,7-9,12H,5-6H2,1H3,(H,23,28). The van der Waals surface area contributed by atoms with Gasteiger partial charge in [-0.3, -0.25) is 9.48 Å². The number of aromatic nitrogens is 4. The highest BCUT2D eigenvalue weighted by Crippen LogP contribution is 2.38. The Hall–Kier alpha value is -2.88. The molecular formula is C18H15ClF3N5O2. The van der Waals surface area contributed by atoms with Gasteiger partial charge in [0.05, 0.1) is 6.04 Å². The molecule has 4 rings (SSSR count). The van der Waals surface area contributed by atoms with E-state index in [1.165, 1.54) is 0 Å². The van der Waals surface area contributed by atoms with E-state index in [-0.39, 0.29) is 23.5 Å². The number of carbonyl (C=O) groups is 1. The van der Waals surface area contributed by atoms with Crippen molar-refractivity contribution in [2.24, 2.45) is 0 Å². The van der Waals surface area contributed by atoms with Crippen molar-refractivity contribution < 1.29 is 22.5 Å². The van der Waals surface area contributed by atoms with Crippen LogP contribution in [0.2, 0.25) is 5.02 Å². The molecular weight excluding hydrogens is 411 g/mol. The first-order valence-electron chi connectivity index (χ1n) is 8.79. The van der Waals surface area contributed by atoms with Crippen molar-refractivity contribution in [2.45, 2.75) is 38.0 Å². The van der Waals surface area contributed by atoms with E-state index in [0.29, 0.717) is 23.4 Å². The Morgan fingerprint density at radius 2 is 2.10 bits per heavy atom. The minimum Gasteiger partial charge on any atom is -0.339 e. The van der Waals surface area contributed by atoms with Crippen LogP contribution >= 0.6 is 11.6 Å². The van der Waals surface area contributed by atoms with Gasteiger partial charge in [-0.1, -0.05) is 28.9 Å². The second-order valence-electron chi connectivity index (χ2n) is 6.75. The molecule has 1 fully saturated rings. The normalized spacial score (nSPS) is 15.3. The molecule has 2 heterocycles. The van der Waals surface area contributed by atoms with E-state index in [1.807, 2.05) is 0 Å². The van der Waals surface area contributed by atoms with E-state index in [0.717, 1.165) is 10.7 Å². The second kappa shape index (κ2) is 7.18. The third kappa shape index (κ3) is 4.12. The number of benzene rings is 1. The molecule has 11 heteroatoms. The molecule has 1 aliphatic carbocycles. The fourth-order valence-corrected chi connectivity index (χ4v) is 2.98. The number of hydrogen-bond acceptors (Lipinski definition) is 5. The molecule has 1 amide bonds. The number of halogens is 4. The Kier molecular flexibility index (Phi) is 4.81. The predicted molar refractivity (Wildman–Crippen MR) is 96.1 cm³/mol. The van der Waals surface area contributed by atoms with Crippen molar-refractivity contribution in [2.75, 3.05) is 0 Å². The SMILES string of the molecule is CC(NC(=O)c1cc(C(F)(F)F)nn1C1CC1)c1nc(-c2cccc(Cl)c2)no1. The summed E-state index contributed by atoms with van der Waals surface area (Å²) >= 11 is 5.95. The molecule has 1 saturated carbocycles. The summed E-state index contributed by atoms with van der Waals surface area (Å²) in [6, 6.07) is 6.68. The molecule has 152 valence electrons. The summed E-state index contributed by atoms with van der Waals surface area (Å²) in [6.45, 7) is 1.59. The first-order valence-corrected chi connectivity index (χ1v) is 9.17. The smallest absolute Gasteiger partial charge is 0.339 e. The molecule has 1 N–H and O–H groups in total. The Bertz CT molecular complexity index is 1060. The Labute approximate surface area is 167 Å². The molecule has 1 unspecified atom stereocenters. The van der Waals surface area contributed by atoms with Gasteiger partial charge in [-0.05, 0) is 31.9 Å². The summed E-state index contributed by atoms with van der Waals surface area (Å²) in [5.41, 5.74) is -0.614. The monoisotopic (exact) mass is 425 g/mol. The van der Waals surface area contributed by atoms with Crippen molar-refractivity contribution in [3.05, 3.63) is 52.6 Å². The predicted octanol–water partition coefficient (Wildman–Crippen LogP) is 4.43. The molecule has 1 aromatic carbocycles. The van der Waals surface area contributed by atoms with Gasteiger partial charge < -0.3 is 9.84 Å². The highest BCUT2D eigenvalue weighted by molar-refractivity contribution is 6.30. The molecule has 0 bridgehead atoms. The van der Waals surface area contributed by atoms with Crippen molar-refractivity contribution in [1.29, 1.82) is 0 Å². The fourth-order valence-electron chi connectivity index (χ4n) is 2.79. The average Bonchev–Trinajstić information content (AvgIpc) is 3.20. The summed E-state index contributed by atoms with van der Waals surface area (Å²) < 4.78 is 45.3. The average molecular weight is 426 g/mol. The number of rotatable bonds is 5. The van der Waals surface area contributed by atoms with Crippen molar-refractivity contribution in [3.63, 3.8) is 0 Å². The lowest BCUT2D eigenvalue weighted by Gasteiger charge is -2.10. The lowest BCUT2D eigenvalue weighted by atomic mass is 10.2. The molecule has 1 atom stereocenters. The van der Waals surface area contributed by atoms with Crippen LogP contribution in [0.4, 0.5) is 13.2 Å². The summed E-state index contributed by atoms with van der Waals surface area (Å²) in [6.07, 6.45) is -3.26. The Morgan fingerprint density at radius 3 is 2.76 bits per heavy atom. The van der Waals surface area contributed by atoms with Crippen LogP contribution in [-0.2, 0) is 6.18 Å². The van der Waals surface area contributed by atoms with Crippen LogP contribution in [0, 0.1) is 0 Å². The number of nitrogens with one attached hydrogen (secondary N) is 1. The van der Waals surface area contributed by atoms with Crippen LogP contribution in [0.25, 0.3) is 11.4 Å². The molecule has 29 heavy (non-hydrogen) atoms. The van der Waals surface area contributed by atoms with E-state index < -0.39 is 23.8 Å². The fraction of sp³-hybridized carbons (Fsp3) is 0.333. The molecule has 3 aromatic rings. The van der Waals surface area contributed by atoms with E-state index in [1.54, 1.807) is 31.2 Å². The lowest BCUT2D eigenvalue weighted by Crippen LogP contribution is -2.29. The molecule has 1 aliphatic rings. The van der Waals surface area contributed by atoms with Gasteiger partial charge in [-0.15, -0.1) is 0 Å². The maximum atomic E-state index is 13.0. The first kappa shape index (κ1) is 19.4. The first-order chi connectivity index (χ1) is 13.7. The topological polar surface area (TPSA) is 85.8 Å². The Balaban J connectivity index is 1.53. The lowest BCUT2D eigenvalue weighted by molar-refractivity contribution is -0.141. The van der Waals surface area contributed by atoms with E-state index in [2.05, 4.69) is 20.6 Å². The zero-order chi connectivity index (χ0) is 20.8. The Morgan fingerprint density at radius 1 is 1.34 bits per heavy atom. The third-order valence-electron chi connectivity index (χ3n) is 4.39. The molecule has 0 spiro atoms. The van der Waals surface area contributed by atoms with E-state index >= 15 is 0 Å². The molecule has 0 radical (unpaired) electrons. The maximum absolute atomic E-state index is 13.0. The summed E-state index contributed by atoms with van der Waals surface area (Å²) in [4.78, 5) is 16.8. The van der Waals surface area contributed by atoms with Crippen molar-refractivity contribution in [1.82, 2.24) is 25.2 Å². The number of hydrogen-bond donors (Lipinski definition) is 1. The number of nitrogens with zero attached hydrogens (tertiary/aromatic N) is 4. The van der Waals surface area contributed by atoms with Gasteiger partial charge in [-0.25, -0.2) is 0 Å². The highest BCUT2D eigenvalue weighted by atomic mass is 35.5. The number of alkyl halides is 3. The second-order valence-corrected chi connectivity index (χ2v) is 7.19.